The number of hydrogen-bond donors (Lipinski definition) is 1. The molecule has 5 rings (SSSR count). The number of anilines is 1. The van der Waals surface area contributed by atoms with Crippen molar-refractivity contribution in [1.29, 1.82) is 0 Å². The maximum absolute atomic E-state index is 13.9. The molecule has 1 aliphatic heterocycles. The second-order valence-corrected chi connectivity index (χ2v) is 8.62. The Morgan fingerprint density at radius 3 is 2.74 bits per heavy atom. The number of carbonyl (C=O) groups excluding carboxylic acids is 2. The Balaban J connectivity index is 1.70. The largest absolute Gasteiger partial charge is 0.366 e. The van der Waals surface area contributed by atoms with Crippen LogP contribution < -0.4 is 10.6 Å². The van der Waals surface area contributed by atoms with Gasteiger partial charge in [0.15, 0.2) is 5.65 Å². The third-order valence-corrected chi connectivity index (χ3v) is 6.63. The maximum atomic E-state index is 13.9. The number of aryl methyl sites for hydroxylation is 2. The van der Waals surface area contributed by atoms with Crippen molar-refractivity contribution < 1.29 is 9.59 Å². The van der Waals surface area contributed by atoms with Crippen LogP contribution in [0.2, 0.25) is 0 Å². The maximum Gasteiger partial charge on any atom is 0.259 e. The second kappa shape index (κ2) is 7.31. The van der Waals surface area contributed by atoms with E-state index in [9.17, 15) is 9.59 Å². The zero-order valence-electron chi connectivity index (χ0n) is 17.3. The summed E-state index contributed by atoms with van der Waals surface area (Å²) in [4.78, 5) is 33.3. The van der Waals surface area contributed by atoms with E-state index in [1.165, 1.54) is 0 Å². The minimum atomic E-state index is -0.472. The first-order valence-electron chi connectivity index (χ1n) is 10.1. The van der Waals surface area contributed by atoms with E-state index in [1.54, 1.807) is 33.1 Å². The van der Waals surface area contributed by atoms with E-state index in [2.05, 4.69) is 5.10 Å². The number of fused-ring (bicyclic) bond motifs is 2. The number of aromatic nitrogens is 3. The first kappa shape index (κ1) is 19.4. The number of rotatable bonds is 3. The molecule has 1 aliphatic rings. The number of primary amides is 1. The van der Waals surface area contributed by atoms with Crippen molar-refractivity contribution in [2.45, 2.75) is 19.8 Å². The predicted octanol–water partition coefficient (Wildman–Crippen LogP) is 3.70. The predicted molar refractivity (Wildman–Crippen MR) is 122 cm³/mol. The van der Waals surface area contributed by atoms with Gasteiger partial charge in [-0.2, -0.15) is 5.10 Å². The molecule has 31 heavy (non-hydrogen) atoms. The highest BCUT2D eigenvalue weighted by atomic mass is 32.1. The molecule has 0 saturated heterocycles. The molecule has 0 aliphatic carbocycles. The van der Waals surface area contributed by atoms with Crippen LogP contribution in [-0.4, -0.2) is 33.1 Å². The molecule has 3 aromatic heterocycles. The molecule has 0 bridgehead atoms. The summed E-state index contributed by atoms with van der Waals surface area (Å²) in [5, 5.41) is 7.25. The van der Waals surface area contributed by atoms with Crippen LogP contribution in [-0.2, 0) is 13.5 Å². The summed E-state index contributed by atoms with van der Waals surface area (Å²) in [7, 11) is 1.84. The second-order valence-electron chi connectivity index (χ2n) is 7.67. The molecule has 4 heterocycles. The first-order valence-corrected chi connectivity index (χ1v) is 11.0. The number of carbonyl (C=O) groups is 2. The number of nitrogens with two attached hydrogens (primary N) is 1. The third-order valence-electron chi connectivity index (χ3n) is 5.73. The monoisotopic (exact) mass is 431 g/mol. The Morgan fingerprint density at radius 1 is 1.16 bits per heavy atom. The van der Waals surface area contributed by atoms with Crippen molar-refractivity contribution in [3.63, 3.8) is 0 Å². The van der Waals surface area contributed by atoms with Crippen molar-refractivity contribution in [2.24, 2.45) is 12.8 Å². The highest BCUT2D eigenvalue weighted by Gasteiger charge is 2.29. The molecule has 2 N–H and O–H groups in total. The lowest BCUT2D eigenvalue weighted by atomic mass is 9.95. The highest BCUT2D eigenvalue weighted by Crippen LogP contribution is 2.34. The Labute approximate surface area is 183 Å². The Kier molecular flexibility index (Phi) is 4.59. The van der Waals surface area contributed by atoms with Crippen LogP contribution in [0.4, 0.5) is 5.69 Å². The van der Waals surface area contributed by atoms with Crippen molar-refractivity contribution in [3.05, 3.63) is 64.2 Å². The molecule has 0 radical (unpaired) electrons. The molecule has 0 unspecified atom stereocenters. The third kappa shape index (κ3) is 3.11. The smallest absolute Gasteiger partial charge is 0.259 e. The van der Waals surface area contributed by atoms with E-state index in [0.717, 1.165) is 45.7 Å². The SMILES string of the molecule is Cc1nn(C)c2nc(-c3cccs3)cc(C(=O)N3CCCc4c(C(N)=O)cccc43)c12. The summed E-state index contributed by atoms with van der Waals surface area (Å²) < 4.78 is 1.72. The van der Waals surface area contributed by atoms with Crippen LogP contribution in [0.25, 0.3) is 21.6 Å². The number of hydrogen-bond acceptors (Lipinski definition) is 5. The van der Waals surface area contributed by atoms with Gasteiger partial charge in [0.05, 0.1) is 27.2 Å². The van der Waals surface area contributed by atoms with E-state index in [0.29, 0.717) is 23.3 Å². The summed E-state index contributed by atoms with van der Waals surface area (Å²) in [5.74, 6) is -0.593. The van der Waals surface area contributed by atoms with E-state index < -0.39 is 5.91 Å². The quantitative estimate of drug-likeness (QED) is 0.535. The van der Waals surface area contributed by atoms with Gasteiger partial charge in [-0.15, -0.1) is 11.3 Å². The van der Waals surface area contributed by atoms with Gasteiger partial charge in [0.25, 0.3) is 5.91 Å². The summed E-state index contributed by atoms with van der Waals surface area (Å²) in [6, 6.07) is 11.2. The average Bonchev–Trinajstić information content (AvgIpc) is 3.40. The van der Waals surface area contributed by atoms with Gasteiger partial charge in [-0.3, -0.25) is 14.3 Å². The standard InChI is InChI=1S/C23H21N5O2S/c1-13-20-16(12-17(19-9-5-11-31-19)25-22(20)27(2)26-13)23(30)28-10-4-7-14-15(21(24)29)6-3-8-18(14)28/h3,5-6,8-9,11-12H,4,7,10H2,1-2H3,(H2,24,29). The topological polar surface area (TPSA) is 94.1 Å². The molecule has 1 aromatic carbocycles. The molecule has 0 spiro atoms. The van der Waals surface area contributed by atoms with Gasteiger partial charge in [0.2, 0.25) is 5.91 Å². The summed E-state index contributed by atoms with van der Waals surface area (Å²) in [5.41, 5.74) is 10.4. The molecule has 0 saturated carbocycles. The van der Waals surface area contributed by atoms with Gasteiger partial charge < -0.3 is 10.6 Å². The van der Waals surface area contributed by atoms with Crippen LogP contribution in [0.3, 0.4) is 0 Å². The first-order chi connectivity index (χ1) is 15.0. The number of amides is 2. The minimum Gasteiger partial charge on any atom is -0.366 e. The van der Waals surface area contributed by atoms with Crippen molar-refractivity contribution >= 4 is 39.9 Å². The summed E-state index contributed by atoms with van der Waals surface area (Å²) in [6.07, 6.45) is 1.48. The molecular weight excluding hydrogens is 410 g/mol. The van der Waals surface area contributed by atoms with Crippen LogP contribution in [0, 0.1) is 6.92 Å². The van der Waals surface area contributed by atoms with Crippen LogP contribution in [0.5, 0.6) is 0 Å². The fourth-order valence-electron chi connectivity index (χ4n) is 4.38. The molecule has 4 aromatic rings. The van der Waals surface area contributed by atoms with Crippen molar-refractivity contribution in [2.75, 3.05) is 11.4 Å². The van der Waals surface area contributed by atoms with Crippen LogP contribution in [0.1, 0.15) is 38.4 Å². The van der Waals surface area contributed by atoms with Crippen molar-refractivity contribution in [1.82, 2.24) is 14.8 Å². The number of nitrogens with zero attached hydrogens (tertiary/aromatic N) is 4. The van der Waals surface area contributed by atoms with E-state index >= 15 is 0 Å². The van der Waals surface area contributed by atoms with E-state index in [1.807, 2.05) is 43.6 Å². The van der Waals surface area contributed by atoms with Gasteiger partial charge in [-0.05, 0) is 55.0 Å². The van der Waals surface area contributed by atoms with Crippen LogP contribution in [0.15, 0.2) is 41.8 Å². The van der Waals surface area contributed by atoms with Gasteiger partial charge in [-0.1, -0.05) is 12.1 Å². The minimum absolute atomic E-state index is 0.121. The Morgan fingerprint density at radius 2 is 2.00 bits per heavy atom. The molecule has 156 valence electrons. The summed E-state index contributed by atoms with van der Waals surface area (Å²) >= 11 is 1.58. The summed E-state index contributed by atoms with van der Waals surface area (Å²) in [6.45, 7) is 2.46. The average molecular weight is 432 g/mol. The zero-order valence-corrected chi connectivity index (χ0v) is 18.1. The normalized spacial score (nSPS) is 13.4. The van der Waals surface area contributed by atoms with Gasteiger partial charge >= 0.3 is 0 Å². The number of benzene rings is 1. The van der Waals surface area contributed by atoms with Gasteiger partial charge in [0, 0.05) is 24.8 Å². The lowest BCUT2D eigenvalue weighted by Gasteiger charge is -2.30. The van der Waals surface area contributed by atoms with Gasteiger partial charge in [-0.25, -0.2) is 4.98 Å². The molecule has 0 fully saturated rings. The Hall–Kier alpha value is -3.52. The fraction of sp³-hybridized carbons (Fsp3) is 0.217. The lowest BCUT2D eigenvalue weighted by molar-refractivity contribution is 0.0978. The number of thiophene rings is 1. The Bertz CT molecular complexity index is 1340. The number of pyridine rings is 1. The van der Waals surface area contributed by atoms with Crippen molar-refractivity contribution in [3.8, 4) is 10.6 Å². The van der Waals surface area contributed by atoms with Gasteiger partial charge in [0.1, 0.15) is 0 Å². The molecule has 8 heteroatoms. The van der Waals surface area contributed by atoms with E-state index in [4.69, 9.17) is 10.7 Å². The molecule has 0 atom stereocenters. The lowest BCUT2D eigenvalue weighted by Crippen LogP contribution is -2.36. The highest BCUT2D eigenvalue weighted by molar-refractivity contribution is 7.13. The molecule has 2 amide bonds. The van der Waals surface area contributed by atoms with Crippen LogP contribution >= 0.6 is 11.3 Å². The van der Waals surface area contributed by atoms with E-state index in [-0.39, 0.29) is 5.91 Å². The fourth-order valence-corrected chi connectivity index (χ4v) is 5.06. The zero-order chi connectivity index (χ0) is 21.7. The molecule has 7 nitrogen and oxygen atoms in total. The molecular formula is C23H21N5O2S.